The van der Waals surface area contributed by atoms with Crippen molar-refractivity contribution < 1.29 is 9.59 Å². The molecule has 0 saturated carbocycles. The van der Waals surface area contributed by atoms with E-state index in [1.54, 1.807) is 60.6 Å². The zero-order valence-electron chi connectivity index (χ0n) is 18.4. The van der Waals surface area contributed by atoms with Gasteiger partial charge in [0.15, 0.2) is 0 Å². The molecule has 2 aromatic rings. The number of nitriles is 1. The molecule has 7 heteroatoms. The second-order valence-electron chi connectivity index (χ2n) is 8.10. The summed E-state index contributed by atoms with van der Waals surface area (Å²) >= 11 is 0. The van der Waals surface area contributed by atoms with Crippen LogP contribution < -0.4 is 11.1 Å². The average Bonchev–Trinajstić information content (AvgIpc) is 2.79. The fourth-order valence-electron chi connectivity index (χ4n) is 4.09. The van der Waals surface area contributed by atoms with E-state index in [-0.39, 0.29) is 17.7 Å². The van der Waals surface area contributed by atoms with Crippen LogP contribution in [0.25, 0.3) is 0 Å². The van der Waals surface area contributed by atoms with E-state index in [9.17, 15) is 14.9 Å². The highest BCUT2D eigenvalue weighted by Crippen LogP contribution is 2.37. The molecule has 32 heavy (non-hydrogen) atoms. The number of nitrogens with one attached hydrogen (secondary N) is 1. The predicted molar refractivity (Wildman–Crippen MR) is 125 cm³/mol. The standard InChI is InChI=1S/C25H27N5O2/c1-16(2)15-30-23(18(13-27)14-28-3)22(20-9-4-5-10-21(20)25(30)32)24(31)29-19-8-6-7-17(11-19)12-26/h4-11,13-14,16,22-23H,15,27H2,1-3H3,(H,29,31)/t22-,23+/m1/s1. The Hall–Kier alpha value is -3.92. The lowest BCUT2D eigenvalue weighted by Gasteiger charge is -2.42. The second kappa shape index (κ2) is 9.92. The molecular weight excluding hydrogens is 402 g/mol. The minimum atomic E-state index is -0.707. The average molecular weight is 430 g/mol. The number of benzene rings is 2. The Morgan fingerprint density at radius 1 is 1.28 bits per heavy atom. The molecule has 3 N–H and O–H groups in total. The Kier molecular flexibility index (Phi) is 7.06. The van der Waals surface area contributed by atoms with Crippen molar-refractivity contribution in [2.45, 2.75) is 25.8 Å². The molecule has 3 rings (SSSR count). The first-order chi connectivity index (χ1) is 15.4. The van der Waals surface area contributed by atoms with Gasteiger partial charge < -0.3 is 16.0 Å². The van der Waals surface area contributed by atoms with Crippen molar-refractivity contribution in [1.82, 2.24) is 4.90 Å². The van der Waals surface area contributed by atoms with Gasteiger partial charge in [0.05, 0.1) is 23.6 Å². The van der Waals surface area contributed by atoms with Crippen LogP contribution >= 0.6 is 0 Å². The normalized spacial score (nSPS) is 18.5. The Morgan fingerprint density at radius 2 is 2.03 bits per heavy atom. The fourth-order valence-corrected chi connectivity index (χ4v) is 4.09. The Balaban J connectivity index is 2.15. The highest BCUT2D eigenvalue weighted by molar-refractivity contribution is 6.06. The van der Waals surface area contributed by atoms with E-state index in [0.717, 1.165) is 0 Å². The molecule has 0 unspecified atom stereocenters. The maximum Gasteiger partial charge on any atom is 0.254 e. The molecule has 0 spiro atoms. The third kappa shape index (κ3) is 4.54. The van der Waals surface area contributed by atoms with Crippen LogP contribution in [0.15, 0.2) is 65.3 Å². The molecule has 2 atom stereocenters. The van der Waals surface area contributed by atoms with Gasteiger partial charge in [0, 0.05) is 42.8 Å². The first-order valence-corrected chi connectivity index (χ1v) is 10.5. The van der Waals surface area contributed by atoms with E-state index in [2.05, 4.69) is 16.4 Å². The molecule has 0 aliphatic carbocycles. The molecule has 0 bridgehead atoms. The number of hydrogen-bond donors (Lipinski definition) is 2. The molecule has 2 amide bonds. The number of rotatable bonds is 6. The lowest BCUT2D eigenvalue weighted by molar-refractivity contribution is -0.118. The number of amides is 2. The number of nitrogens with two attached hydrogens (primary N) is 1. The number of carbonyl (C=O) groups is 2. The van der Waals surface area contributed by atoms with Gasteiger partial charge in [-0.3, -0.25) is 14.6 Å². The van der Waals surface area contributed by atoms with Crippen LogP contribution in [0.4, 0.5) is 5.69 Å². The lowest BCUT2D eigenvalue weighted by Crippen LogP contribution is -2.53. The summed E-state index contributed by atoms with van der Waals surface area (Å²) in [6.45, 7) is 4.50. The molecule has 164 valence electrons. The highest BCUT2D eigenvalue weighted by Gasteiger charge is 2.44. The molecule has 0 saturated heterocycles. The van der Waals surface area contributed by atoms with Crippen molar-refractivity contribution >= 4 is 23.7 Å². The van der Waals surface area contributed by atoms with Crippen LogP contribution in [-0.2, 0) is 4.79 Å². The number of aliphatic imine (C=N–C) groups is 1. The molecule has 1 heterocycles. The zero-order valence-corrected chi connectivity index (χ0v) is 18.4. The summed E-state index contributed by atoms with van der Waals surface area (Å²) in [6, 6.07) is 15.4. The maximum atomic E-state index is 13.7. The van der Waals surface area contributed by atoms with Gasteiger partial charge in [0.25, 0.3) is 5.91 Å². The van der Waals surface area contributed by atoms with Gasteiger partial charge in [-0.05, 0) is 35.7 Å². The predicted octanol–water partition coefficient (Wildman–Crippen LogP) is 3.30. The van der Waals surface area contributed by atoms with Crippen molar-refractivity contribution in [3.8, 4) is 6.07 Å². The summed E-state index contributed by atoms with van der Waals surface area (Å²) in [5, 5.41) is 12.1. The van der Waals surface area contributed by atoms with Gasteiger partial charge in [-0.15, -0.1) is 0 Å². The smallest absolute Gasteiger partial charge is 0.254 e. The van der Waals surface area contributed by atoms with E-state index < -0.39 is 12.0 Å². The van der Waals surface area contributed by atoms with Crippen LogP contribution in [0, 0.1) is 17.2 Å². The van der Waals surface area contributed by atoms with Crippen molar-refractivity contribution in [2.75, 3.05) is 18.9 Å². The van der Waals surface area contributed by atoms with Crippen molar-refractivity contribution in [2.24, 2.45) is 16.6 Å². The van der Waals surface area contributed by atoms with Crippen LogP contribution in [0.5, 0.6) is 0 Å². The molecule has 1 aliphatic rings. The number of carbonyl (C=O) groups excluding carboxylic acids is 2. The summed E-state index contributed by atoms with van der Waals surface area (Å²) in [6.07, 6.45) is 3.00. The number of nitrogens with zero attached hydrogens (tertiary/aromatic N) is 3. The van der Waals surface area contributed by atoms with Gasteiger partial charge in [-0.25, -0.2) is 0 Å². The van der Waals surface area contributed by atoms with Crippen LogP contribution in [0.2, 0.25) is 0 Å². The van der Waals surface area contributed by atoms with E-state index in [4.69, 9.17) is 5.73 Å². The second-order valence-corrected chi connectivity index (χ2v) is 8.10. The minimum Gasteiger partial charge on any atom is -0.404 e. The molecule has 0 fully saturated rings. The summed E-state index contributed by atoms with van der Waals surface area (Å²) in [5.41, 5.74) is 8.63. The first-order valence-electron chi connectivity index (χ1n) is 10.5. The fraction of sp³-hybridized carbons (Fsp3) is 0.280. The maximum absolute atomic E-state index is 13.7. The van der Waals surface area contributed by atoms with E-state index in [1.165, 1.54) is 6.20 Å². The van der Waals surface area contributed by atoms with E-state index in [0.29, 0.717) is 34.5 Å². The molecule has 7 nitrogen and oxygen atoms in total. The van der Waals surface area contributed by atoms with Gasteiger partial charge in [-0.2, -0.15) is 5.26 Å². The van der Waals surface area contributed by atoms with Crippen molar-refractivity contribution in [3.63, 3.8) is 0 Å². The van der Waals surface area contributed by atoms with Crippen LogP contribution in [0.3, 0.4) is 0 Å². The topological polar surface area (TPSA) is 112 Å². The minimum absolute atomic E-state index is 0.140. The molecular formula is C25H27N5O2. The monoisotopic (exact) mass is 429 g/mol. The third-order valence-electron chi connectivity index (χ3n) is 5.35. The molecule has 0 radical (unpaired) electrons. The van der Waals surface area contributed by atoms with Gasteiger partial charge in [0.1, 0.15) is 0 Å². The summed E-state index contributed by atoms with van der Waals surface area (Å²) in [4.78, 5) is 32.9. The van der Waals surface area contributed by atoms with Gasteiger partial charge in [0.2, 0.25) is 5.91 Å². The zero-order chi connectivity index (χ0) is 23.3. The van der Waals surface area contributed by atoms with E-state index >= 15 is 0 Å². The molecule has 2 aromatic carbocycles. The summed E-state index contributed by atoms with van der Waals surface area (Å²) in [5.74, 6) is -0.956. The largest absolute Gasteiger partial charge is 0.404 e. The summed E-state index contributed by atoms with van der Waals surface area (Å²) < 4.78 is 0. The van der Waals surface area contributed by atoms with Crippen molar-refractivity contribution in [3.05, 3.63) is 77.0 Å². The summed E-state index contributed by atoms with van der Waals surface area (Å²) in [7, 11) is 1.62. The first kappa shape index (κ1) is 22.8. The number of fused-ring (bicyclic) bond motifs is 1. The Labute approximate surface area is 188 Å². The third-order valence-corrected chi connectivity index (χ3v) is 5.35. The molecule has 0 aromatic heterocycles. The van der Waals surface area contributed by atoms with Gasteiger partial charge >= 0.3 is 0 Å². The van der Waals surface area contributed by atoms with Crippen LogP contribution in [0.1, 0.15) is 41.3 Å². The Morgan fingerprint density at radius 3 is 2.69 bits per heavy atom. The highest BCUT2D eigenvalue weighted by atomic mass is 16.2. The lowest BCUT2D eigenvalue weighted by atomic mass is 9.78. The number of hydrogen-bond acceptors (Lipinski definition) is 5. The molecule has 1 aliphatic heterocycles. The van der Waals surface area contributed by atoms with E-state index in [1.807, 2.05) is 19.9 Å². The van der Waals surface area contributed by atoms with Crippen LogP contribution in [-0.4, -0.2) is 42.6 Å². The SMILES string of the molecule is CN=CC(=CN)[C@H]1[C@H](C(=O)Nc2cccc(C#N)c2)c2ccccc2C(=O)N1CC(C)C. The number of anilines is 1. The Bertz CT molecular complexity index is 1110. The van der Waals surface area contributed by atoms with Crippen molar-refractivity contribution in [1.29, 1.82) is 5.26 Å². The quantitative estimate of drug-likeness (QED) is 0.686. The van der Waals surface area contributed by atoms with Gasteiger partial charge in [-0.1, -0.05) is 38.1 Å².